The molecule has 2 aromatic rings. The zero-order valence-electron chi connectivity index (χ0n) is 24.4. The molecule has 1 aromatic heterocycles. The second-order valence-corrected chi connectivity index (χ2v) is 14.4. The molecule has 42 heavy (non-hydrogen) atoms. The minimum atomic E-state index is -0.975. The number of halogens is 1. The molecule has 7 nitrogen and oxygen atoms in total. The van der Waals surface area contributed by atoms with E-state index in [2.05, 4.69) is 37.7 Å². The number of aromatic nitrogens is 2. The number of carbonyl (C=O) groups is 2. The maximum atomic E-state index is 13.6. The highest BCUT2D eigenvalue weighted by atomic mass is 32.1. The zero-order chi connectivity index (χ0) is 29.6. The number of hydrogen-bond donors (Lipinski definition) is 2. The molecular weight excluding hydrogens is 555 g/mol. The standard InChI is InChI=1S/C33H39FN2O5S/c1-31-15-18-17-35-36(21-8-6-20(34)7-9-21)24(18)13-19(31)5-10-22-23-14-26(41-30(39)33(3)11-4-12-40-33)28(29(38)42)32(23,2)16-25(37)27(22)31/h6-9,13,17,22-23,25-28,37H,4-5,10-12,14-16H2,1-3H3,(H,38,42)/t22-,23-,25-,26?,27+,28+,31-,32-,33?/m0/s1. The summed E-state index contributed by atoms with van der Waals surface area (Å²) in [7, 11) is 0. The van der Waals surface area contributed by atoms with Crippen LogP contribution in [0.25, 0.3) is 11.8 Å². The number of nitrogens with zero attached hydrogens (tertiary/aromatic N) is 2. The Morgan fingerprint density at radius 1 is 1.21 bits per heavy atom. The maximum absolute atomic E-state index is 13.6. The van der Waals surface area contributed by atoms with Crippen LogP contribution in [-0.2, 0) is 25.5 Å². The molecule has 9 atom stereocenters. The summed E-state index contributed by atoms with van der Waals surface area (Å²) in [5.74, 6) is -0.974. The normalized spacial score (nSPS) is 40.4. The van der Waals surface area contributed by atoms with Crippen LogP contribution >= 0.6 is 12.6 Å². The molecule has 2 heterocycles. The lowest BCUT2D eigenvalue weighted by Crippen LogP contribution is -2.57. The van der Waals surface area contributed by atoms with E-state index in [1.807, 2.05) is 10.9 Å². The van der Waals surface area contributed by atoms with Crippen molar-refractivity contribution >= 4 is 29.8 Å². The molecule has 1 saturated heterocycles. The zero-order valence-corrected chi connectivity index (χ0v) is 25.3. The molecule has 1 N–H and O–H groups in total. The fourth-order valence-electron chi connectivity index (χ4n) is 9.72. The molecule has 3 saturated carbocycles. The maximum Gasteiger partial charge on any atom is 0.338 e. The Hall–Kier alpha value is -2.49. The van der Waals surface area contributed by atoms with Crippen LogP contribution in [0, 0.1) is 40.3 Å². The number of fused-ring (bicyclic) bond motifs is 6. The SMILES string of the molecule is CC1(C(=O)OC2C[C@H]3[C@@H]4CCC5=Cc6c(cnn6-c6ccc(F)cc6)C[C@]5(C)[C@H]4[C@@H](O)C[C@]3(C)[C@H]2C(=O)S)CCCO1. The van der Waals surface area contributed by atoms with Gasteiger partial charge >= 0.3 is 5.97 Å². The molecule has 2 unspecified atom stereocenters. The average Bonchev–Trinajstić information content (AvgIpc) is 3.62. The van der Waals surface area contributed by atoms with Gasteiger partial charge in [0.2, 0.25) is 0 Å². The van der Waals surface area contributed by atoms with E-state index in [4.69, 9.17) is 9.47 Å². The van der Waals surface area contributed by atoms with Crippen LogP contribution in [0.5, 0.6) is 0 Å². The van der Waals surface area contributed by atoms with Gasteiger partial charge in [-0.3, -0.25) is 4.79 Å². The van der Waals surface area contributed by atoms with Gasteiger partial charge in [0.15, 0.2) is 10.7 Å². The van der Waals surface area contributed by atoms with Gasteiger partial charge in [0, 0.05) is 6.61 Å². The fourth-order valence-corrected chi connectivity index (χ4v) is 10.2. The van der Waals surface area contributed by atoms with E-state index in [1.54, 1.807) is 19.1 Å². The highest BCUT2D eigenvalue weighted by molar-refractivity contribution is 7.96. The Bertz CT molecular complexity index is 1470. The summed E-state index contributed by atoms with van der Waals surface area (Å²) in [6, 6.07) is 6.36. The summed E-state index contributed by atoms with van der Waals surface area (Å²) in [5, 5.41) is 16.3. The number of aliphatic hydroxyl groups excluding tert-OH is 1. The molecule has 9 heteroatoms. The number of ether oxygens (including phenoxy) is 2. The van der Waals surface area contributed by atoms with Gasteiger partial charge in [0.1, 0.15) is 11.9 Å². The van der Waals surface area contributed by atoms with Crippen LogP contribution in [0.4, 0.5) is 4.39 Å². The van der Waals surface area contributed by atoms with Crippen molar-refractivity contribution in [1.82, 2.24) is 9.78 Å². The molecule has 4 fully saturated rings. The molecule has 0 radical (unpaired) electrons. The van der Waals surface area contributed by atoms with Crippen molar-refractivity contribution in [3.8, 4) is 5.69 Å². The predicted molar refractivity (Wildman–Crippen MR) is 157 cm³/mol. The van der Waals surface area contributed by atoms with Gasteiger partial charge < -0.3 is 14.6 Å². The van der Waals surface area contributed by atoms with Gasteiger partial charge in [-0.2, -0.15) is 5.10 Å². The topological polar surface area (TPSA) is 90.6 Å². The number of aliphatic hydroxyl groups is 1. The second-order valence-electron chi connectivity index (χ2n) is 14.0. The minimum absolute atomic E-state index is 0.00120. The Labute approximate surface area is 251 Å². The van der Waals surface area contributed by atoms with E-state index in [9.17, 15) is 19.1 Å². The van der Waals surface area contributed by atoms with E-state index in [-0.39, 0.29) is 34.1 Å². The Morgan fingerprint density at radius 3 is 2.67 bits per heavy atom. The van der Waals surface area contributed by atoms with Gasteiger partial charge in [-0.25, -0.2) is 13.9 Å². The van der Waals surface area contributed by atoms with E-state index < -0.39 is 35.1 Å². The molecule has 4 aliphatic carbocycles. The summed E-state index contributed by atoms with van der Waals surface area (Å²) in [6.45, 7) is 6.66. The van der Waals surface area contributed by atoms with Crippen molar-refractivity contribution in [2.45, 2.75) is 83.5 Å². The van der Waals surface area contributed by atoms with Crippen LogP contribution in [0.3, 0.4) is 0 Å². The van der Waals surface area contributed by atoms with E-state index in [0.29, 0.717) is 25.9 Å². The first-order valence-electron chi connectivity index (χ1n) is 15.2. The first kappa shape index (κ1) is 28.3. The summed E-state index contributed by atoms with van der Waals surface area (Å²) in [6.07, 6.45) is 7.91. The number of rotatable bonds is 4. The lowest BCUT2D eigenvalue weighted by atomic mass is 9.46. The van der Waals surface area contributed by atoms with E-state index in [0.717, 1.165) is 42.6 Å². The molecule has 0 bridgehead atoms. The Morgan fingerprint density at radius 2 is 1.98 bits per heavy atom. The predicted octanol–water partition coefficient (Wildman–Crippen LogP) is 5.33. The van der Waals surface area contributed by atoms with Gasteiger partial charge in [-0.15, -0.1) is 12.6 Å². The fraction of sp³-hybridized carbons (Fsp3) is 0.606. The summed E-state index contributed by atoms with van der Waals surface area (Å²) in [4.78, 5) is 26.3. The van der Waals surface area contributed by atoms with Gasteiger partial charge in [-0.05, 0) is 116 Å². The van der Waals surface area contributed by atoms with Crippen molar-refractivity contribution in [3.05, 3.63) is 53.1 Å². The largest absolute Gasteiger partial charge is 0.459 e. The van der Waals surface area contributed by atoms with Crippen LogP contribution in [-0.4, -0.2) is 50.4 Å². The first-order chi connectivity index (χ1) is 19.9. The van der Waals surface area contributed by atoms with Gasteiger partial charge in [0.25, 0.3) is 0 Å². The number of benzene rings is 1. The van der Waals surface area contributed by atoms with E-state index in [1.165, 1.54) is 17.7 Å². The van der Waals surface area contributed by atoms with Crippen molar-refractivity contribution in [2.75, 3.05) is 6.61 Å². The highest BCUT2D eigenvalue weighted by Crippen LogP contribution is 2.67. The van der Waals surface area contributed by atoms with Crippen LogP contribution in [0.2, 0.25) is 0 Å². The van der Waals surface area contributed by atoms with Crippen molar-refractivity contribution < 1.29 is 28.6 Å². The smallest absolute Gasteiger partial charge is 0.338 e. The van der Waals surface area contributed by atoms with Crippen molar-refractivity contribution in [3.63, 3.8) is 0 Å². The number of carbonyl (C=O) groups excluding carboxylic acids is 2. The molecule has 7 rings (SSSR count). The Balaban J connectivity index is 1.20. The van der Waals surface area contributed by atoms with Crippen LogP contribution in [0.1, 0.15) is 70.6 Å². The molecule has 5 aliphatic rings. The molecule has 0 spiro atoms. The molecule has 1 aromatic carbocycles. The van der Waals surface area contributed by atoms with Crippen molar-refractivity contribution in [2.24, 2.45) is 34.5 Å². The minimum Gasteiger partial charge on any atom is -0.459 e. The second kappa shape index (κ2) is 9.76. The number of thiol groups is 1. The molecule has 1 aliphatic heterocycles. The van der Waals surface area contributed by atoms with Crippen molar-refractivity contribution in [1.29, 1.82) is 0 Å². The molecular formula is C33H39FN2O5S. The van der Waals surface area contributed by atoms with E-state index >= 15 is 0 Å². The number of hydrogen-bond acceptors (Lipinski definition) is 6. The molecule has 224 valence electrons. The Kier molecular flexibility index (Phi) is 6.57. The summed E-state index contributed by atoms with van der Waals surface area (Å²) in [5.41, 5.74) is 2.47. The molecule has 0 amide bonds. The van der Waals surface area contributed by atoms with Gasteiger partial charge in [-0.1, -0.05) is 19.4 Å². The number of allylic oxidation sites excluding steroid dienone is 1. The van der Waals surface area contributed by atoms with Crippen LogP contribution in [0.15, 0.2) is 36.0 Å². The lowest BCUT2D eigenvalue weighted by Gasteiger charge is -2.59. The highest BCUT2D eigenvalue weighted by Gasteiger charge is 2.66. The first-order valence-corrected chi connectivity index (χ1v) is 15.7. The van der Waals surface area contributed by atoms with Crippen LogP contribution < -0.4 is 0 Å². The number of esters is 1. The van der Waals surface area contributed by atoms with Gasteiger partial charge in [0.05, 0.1) is 29.6 Å². The third-order valence-corrected chi connectivity index (χ3v) is 12.0. The average molecular weight is 595 g/mol. The third-order valence-electron chi connectivity index (χ3n) is 11.7. The monoisotopic (exact) mass is 594 g/mol. The third kappa shape index (κ3) is 4.09. The lowest BCUT2D eigenvalue weighted by molar-refractivity contribution is -0.173. The summed E-state index contributed by atoms with van der Waals surface area (Å²) < 4.78 is 27.3. The summed E-state index contributed by atoms with van der Waals surface area (Å²) >= 11 is 4.30. The quantitative estimate of drug-likeness (QED) is 0.368.